The summed E-state index contributed by atoms with van der Waals surface area (Å²) >= 11 is 5.62. The molecule has 0 saturated carbocycles. The Morgan fingerprint density at radius 2 is 2.38 bits per heavy atom. The van der Waals surface area contributed by atoms with Gasteiger partial charge in [-0.3, -0.25) is 0 Å². The van der Waals surface area contributed by atoms with Crippen LogP contribution in [0.3, 0.4) is 0 Å². The van der Waals surface area contributed by atoms with Gasteiger partial charge in [0, 0.05) is 19.2 Å². The van der Waals surface area contributed by atoms with Gasteiger partial charge < -0.3 is 10.1 Å². The van der Waals surface area contributed by atoms with Crippen LogP contribution < -0.4 is 5.32 Å². The molecule has 1 saturated heterocycles. The third-order valence-corrected chi connectivity index (χ3v) is 3.24. The Balaban J connectivity index is 1.91. The van der Waals surface area contributed by atoms with Gasteiger partial charge in [-0.1, -0.05) is 17.7 Å². The Labute approximate surface area is 99.7 Å². The van der Waals surface area contributed by atoms with Gasteiger partial charge in [0.1, 0.15) is 5.82 Å². The lowest BCUT2D eigenvalue weighted by Crippen LogP contribution is -2.34. The molecule has 1 aromatic carbocycles. The second kappa shape index (κ2) is 5.13. The highest BCUT2D eigenvalue weighted by atomic mass is 35.5. The number of rotatable bonds is 3. The number of hydrogen-bond acceptors (Lipinski definition) is 2. The van der Waals surface area contributed by atoms with Gasteiger partial charge in [0.2, 0.25) is 0 Å². The third kappa shape index (κ3) is 2.73. The minimum absolute atomic E-state index is 0.168. The lowest BCUT2D eigenvalue weighted by molar-refractivity contribution is 0.113. The van der Waals surface area contributed by atoms with Crippen LogP contribution in [-0.4, -0.2) is 18.8 Å². The van der Waals surface area contributed by atoms with E-state index in [1.54, 1.807) is 6.07 Å². The fourth-order valence-electron chi connectivity index (χ4n) is 1.90. The summed E-state index contributed by atoms with van der Waals surface area (Å²) in [4.78, 5) is 0. The van der Waals surface area contributed by atoms with E-state index in [9.17, 15) is 4.39 Å². The number of halogens is 2. The topological polar surface area (TPSA) is 21.3 Å². The monoisotopic (exact) mass is 243 g/mol. The molecule has 2 nitrogen and oxygen atoms in total. The maximum absolute atomic E-state index is 13.2. The van der Waals surface area contributed by atoms with Crippen LogP contribution in [0.15, 0.2) is 18.2 Å². The normalized spacial score (nSPS) is 24.9. The van der Waals surface area contributed by atoms with Crippen molar-refractivity contribution in [2.24, 2.45) is 0 Å². The van der Waals surface area contributed by atoms with Crippen molar-refractivity contribution in [1.82, 2.24) is 5.32 Å². The minimum Gasteiger partial charge on any atom is -0.377 e. The van der Waals surface area contributed by atoms with Gasteiger partial charge in [0.15, 0.2) is 0 Å². The Hall–Kier alpha value is -0.640. The third-order valence-electron chi connectivity index (χ3n) is 2.93. The minimum atomic E-state index is -0.364. The smallest absolute Gasteiger partial charge is 0.142 e. The van der Waals surface area contributed by atoms with E-state index in [0.717, 1.165) is 18.6 Å². The summed E-state index contributed by atoms with van der Waals surface area (Å²) in [5, 5.41) is 3.53. The van der Waals surface area contributed by atoms with Crippen molar-refractivity contribution in [3.63, 3.8) is 0 Å². The molecule has 16 heavy (non-hydrogen) atoms. The Morgan fingerprint density at radius 1 is 1.56 bits per heavy atom. The number of benzene rings is 1. The molecule has 2 unspecified atom stereocenters. The van der Waals surface area contributed by atoms with E-state index in [4.69, 9.17) is 16.3 Å². The van der Waals surface area contributed by atoms with Gasteiger partial charge in [-0.15, -0.1) is 0 Å². The van der Waals surface area contributed by atoms with Crippen LogP contribution in [0.4, 0.5) is 4.39 Å². The summed E-state index contributed by atoms with van der Waals surface area (Å²) < 4.78 is 18.6. The summed E-state index contributed by atoms with van der Waals surface area (Å²) in [6, 6.07) is 5.25. The molecular weight excluding hydrogens is 229 g/mol. The molecule has 1 fully saturated rings. The van der Waals surface area contributed by atoms with Crippen LogP contribution in [0.25, 0.3) is 0 Å². The summed E-state index contributed by atoms with van der Waals surface area (Å²) in [5.41, 5.74) is 0.904. The van der Waals surface area contributed by atoms with Crippen molar-refractivity contribution in [3.05, 3.63) is 34.6 Å². The maximum Gasteiger partial charge on any atom is 0.142 e. The first-order chi connectivity index (χ1) is 7.66. The molecule has 0 spiro atoms. The van der Waals surface area contributed by atoms with E-state index in [1.165, 1.54) is 6.07 Å². The standard InChI is InChI=1S/C12H15ClFNO/c1-8-12(4-5-16-8)15-7-9-2-3-10(13)11(14)6-9/h2-3,6,8,12,15H,4-5,7H2,1H3. The van der Waals surface area contributed by atoms with Gasteiger partial charge in [-0.25, -0.2) is 4.39 Å². The number of hydrogen-bond donors (Lipinski definition) is 1. The highest BCUT2D eigenvalue weighted by molar-refractivity contribution is 6.30. The fourth-order valence-corrected chi connectivity index (χ4v) is 2.02. The SMILES string of the molecule is CC1OCCC1NCc1ccc(Cl)c(F)c1. The first kappa shape index (κ1) is 11.8. The highest BCUT2D eigenvalue weighted by Crippen LogP contribution is 2.17. The van der Waals surface area contributed by atoms with E-state index in [1.807, 2.05) is 13.0 Å². The zero-order chi connectivity index (χ0) is 11.5. The summed E-state index contributed by atoms with van der Waals surface area (Å²) in [7, 11) is 0. The average molecular weight is 244 g/mol. The van der Waals surface area contributed by atoms with Crippen LogP contribution in [0.5, 0.6) is 0 Å². The van der Waals surface area contributed by atoms with E-state index < -0.39 is 0 Å². The molecule has 0 aromatic heterocycles. The summed E-state index contributed by atoms with van der Waals surface area (Å²) in [5.74, 6) is -0.364. The molecule has 4 heteroatoms. The Morgan fingerprint density at radius 3 is 3.00 bits per heavy atom. The highest BCUT2D eigenvalue weighted by Gasteiger charge is 2.23. The molecule has 0 aliphatic carbocycles. The van der Waals surface area contributed by atoms with E-state index in [2.05, 4.69) is 5.32 Å². The van der Waals surface area contributed by atoms with E-state index >= 15 is 0 Å². The van der Waals surface area contributed by atoms with Crippen molar-refractivity contribution >= 4 is 11.6 Å². The van der Waals surface area contributed by atoms with Crippen molar-refractivity contribution in [2.75, 3.05) is 6.61 Å². The number of nitrogens with one attached hydrogen (secondary N) is 1. The van der Waals surface area contributed by atoms with Gasteiger partial charge in [-0.05, 0) is 31.0 Å². The Kier molecular flexibility index (Phi) is 3.79. The van der Waals surface area contributed by atoms with Crippen LogP contribution in [0, 0.1) is 5.82 Å². The largest absolute Gasteiger partial charge is 0.377 e. The zero-order valence-electron chi connectivity index (χ0n) is 9.17. The second-order valence-corrected chi connectivity index (χ2v) is 4.51. The predicted octanol–water partition coefficient (Wildman–Crippen LogP) is 2.75. The van der Waals surface area contributed by atoms with Crippen molar-refractivity contribution in [1.29, 1.82) is 0 Å². The molecular formula is C12H15ClFNO. The van der Waals surface area contributed by atoms with Gasteiger partial charge >= 0.3 is 0 Å². The number of ether oxygens (including phenoxy) is 1. The van der Waals surface area contributed by atoms with Crippen LogP contribution in [0.2, 0.25) is 5.02 Å². The van der Waals surface area contributed by atoms with Crippen LogP contribution in [0.1, 0.15) is 18.9 Å². The first-order valence-electron chi connectivity index (χ1n) is 5.46. The summed E-state index contributed by atoms with van der Waals surface area (Å²) in [6.07, 6.45) is 1.24. The molecule has 0 radical (unpaired) electrons. The molecule has 0 bridgehead atoms. The van der Waals surface area contributed by atoms with Crippen molar-refractivity contribution in [2.45, 2.75) is 32.0 Å². The molecule has 1 aromatic rings. The molecule has 88 valence electrons. The second-order valence-electron chi connectivity index (χ2n) is 4.10. The zero-order valence-corrected chi connectivity index (χ0v) is 9.93. The molecule has 2 atom stereocenters. The van der Waals surface area contributed by atoms with Crippen molar-refractivity contribution < 1.29 is 9.13 Å². The molecule has 1 heterocycles. The van der Waals surface area contributed by atoms with Gasteiger partial charge in [0.25, 0.3) is 0 Å². The average Bonchev–Trinajstić information content (AvgIpc) is 2.66. The summed E-state index contributed by atoms with van der Waals surface area (Å²) in [6.45, 7) is 3.49. The fraction of sp³-hybridized carbons (Fsp3) is 0.500. The predicted molar refractivity (Wildman–Crippen MR) is 62.1 cm³/mol. The lowest BCUT2D eigenvalue weighted by atomic mass is 10.1. The maximum atomic E-state index is 13.2. The molecule has 1 aliphatic heterocycles. The quantitative estimate of drug-likeness (QED) is 0.882. The van der Waals surface area contributed by atoms with E-state index in [0.29, 0.717) is 12.6 Å². The molecule has 0 amide bonds. The van der Waals surface area contributed by atoms with Crippen LogP contribution >= 0.6 is 11.6 Å². The van der Waals surface area contributed by atoms with Gasteiger partial charge in [0.05, 0.1) is 11.1 Å². The molecule has 2 rings (SSSR count). The van der Waals surface area contributed by atoms with E-state index in [-0.39, 0.29) is 16.9 Å². The van der Waals surface area contributed by atoms with Gasteiger partial charge in [-0.2, -0.15) is 0 Å². The molecule has 1 N–H and O–H groups in total. The Bertz CT molecular complexity index is 372. The lowest BCUT2D eigenvalue weighted by Gasteiger charge is -2.16. The van der Waals surface area contributed by atoms with Crippen LogP contribution in [-0.2, 0) is 11.3 Å². The molecule has 1 aliphatic rings. The van der Waals surface area contributed by atoms with Crippen molar-refractivity contribution in [3.8, 4) is 0 Å². The first-order valence-corrected chi connectivity index (χ1v) is 5.83.